The Morgan fingerprint density at radius 3 is 2.34 bits per heavy atom. The number of piperazine rings is 1. The largest absolute Gasteiger partial charge is 0.495 e. The van der Waals surface area contributed by atoms with Crippen LogP contribution in [0.3, 0.4) is 0 Å². The van der Waals surface area contributed by atoms with Gasteiger partial charge >= 0.3 is 6.18 Å². The Kier molecular flexibility index (Phi) is 6.88. The minimum absolute atomic E-state index is 0.258. The molecule has 0 spiro atoms. The number of hydrogen-bond donors (Lipinski definition) is 1. The molecule has 1 aliphatic rings. The average molecular weight is 495 g/mol. The topological polar surface area (TPSA) is 70.8 Å². The summed E-state index contributed by atoms with van der Waals surface area (Å²) in [6.45, 7) is 3.87. The van der Waals surface area contributed by atoms with Crippen LogP contribution in [0.1, 0.15) is 25.2 Å². The number of methoxy groups -OCH3 is 1. The van der Waals surface area contributed by atoms with Gasteiger partial charge in [0.1, 0.15) is 17.9 Å². The summed E-state index contributed by atoms with van der Waals surface area (Å²) in [4.78, 5) is 16.4. The van der Waals surface area contributed by atoms with E-state index in [1.54, 1.807) is 17.0 Å². The zero-order valence-electron chi connectivity index (χ0n) is 17.7. The first-order valence-corrected chi connectivity index (χ1v) is 10.5. The number of benzene rings is 1. The van der Waals surface area contributed by atoms with Crippen LogP contribution >= 0.6 is 23.2 Å². The number of amides is 1. The second-order valence-corrected chi connectivity index (χ2v) is 8.70. The molecule has 1 amide bonds. The Hall–Kier alpha value is -2.17. The number of aliphatic hydroxyl groups is 1. The van der Waals surface area contributed by atoms with Gasteiger partial charge in [-0.15, -0.1) is 0 Å². The van der Waals surface area contributed by atoms with Gasteiger partial charge in [0.2, 0.25) is 5.91 Å². The van der Waals surface area contributed by atoms with E-state index in [9.17, 15) is 23.1 Å². The van der Waals surface area contributed by atoms with E-state index < -0.39 is 34.9 Å². The van der Waals surface area contributed by atoms with Gasteiger partial charge in [-0.2, -0.15) is 18.3 Å². The molecular formula is C20H23Cl2F3N4O3. The fourth-order valence-electron chi connectivity index (χ4n) is 3.61. The van der Waals surface area contributed by atoms with Crippen molar-refractivity contribution in [3.8, 4) is 5.75 Å². The van der Waals surface area contributed by atoms with E-state index >= 15 is 0 Å². The summed E-state index contributed by atoms with van der Waals surface area (Å²) >= 11 is 11.9. The molecule has 2 heterocycles. The third-order valence-electron chi connectivity index (χ3n) is 5.16. The van der Waals surface area contributed by atoms with Gasteiger partial charge in [-0.05, 0) is 26.0 Å². The van der Waals surface area contributed by atoms with Crippen LogP contribution in [-0.4, -0.2) is 59.0 Å². The van der Waals surface area contributed by atoms with Crippen molar-refractivity contribution in [2.45, 2.75) is 32.2 Å². The van der Waals surface area contributed by atoms with E-state index in [1.165, 1.54) is 21.0 Å². The summed E-state index contributed by atoms with van der Waals surface area (Å²) in [5.41, 5.74) is -2.42. The molecular weight excluding hydrogens is 472 g/mol. The predicted molar refractivity (Wildman–Crippen MR) is 114 cm³/mol. The van der Waals surface area contributed by atoms with Crippen molar-refractivity contribution in [1.29, 1.82) is 0 Å². The van der Waals surface area contributed by atoms with E-state index in [2.05, 4.69) is 10.00 Å². The molecule has 12 heteroatoms. The number of aromatic nitrogens is 2. The lowest BCUT2D eigenvalue weighted by Gasteiger charge is -2.36. The Labute approximate surface area is 193 Å². The third kappa shape index (κ3) is 5.07. The molecule has 32 heavy (non-hydrogen) atoms. The summed E-state index contributed by atoms with van der Waals surface area (Å²) in [5.74, 6) is 0.120. The zero-order valence-corrected chi connectivity index (χ0v) is 19.2. The number of alkyl halides is 3. The highest BCUT2D eigenvalue weighted by Crippen LogP contribution is 2.39. The average Bonchev–Trinajstić information content (AvgIpc) is 3.05. The molecule has 0 radical (unpaired) electrons. The van der Waals surface area contributed by atoms with Crippen molar-refractivity contribution in [1.82, 2.24) is 14.7 Å². The van der Waals surface area contributed by atoms with Crippen LogP contribution in [0.15, 0.2) is 18.2 Å². The maximum absolute atomic E-state index is 13.2. The standard InChI is InChI=1S/C20H23Cl2F3N4O3/c1-19(2,31)18-16(22)17(20(23,24)25)26-29(18)11-15(30)28-8-6-27(7-9-28)12-4-5-13(21)14(10-12)32-3/h4-5,10,31H,6-9,11H2,1-3H3. The number of rotatable bonds is 5. The second kappa shape index (κ2) is 8.99. The Morgan fingerprint density at radius 2 is 1.81 bits per heavy atom. The molecule has 0 aliphatic carbocycles. The molecule has 176 valence electrons. The zero-order chi connectivity index (χ0) is 23.8. The first kappa shape index (κ1) is 24.5. The van der Waals surface area contributed by atoms with E-state index in [-0.39, 0.29) is 5.69 Å². The second-order valence-electron chi connectivity index (χ2n) is 7.91. The smallest absolute Gasteiger partial charge is 0.436 e. The van der Waals surface area contributed by atoms with E-state index in [0.717, 1.165) is 10.4 Å². The van der Waals surface area contributed by atoms with Crippen molar-refractivity contribution < 1.29 is 27.8 Å². The Balaban J connectivity index is 1.73. The number of halogens is 5. The number of ether oxygens (including phenoxy) is 1. The summed E-state index contributed by atoms with van der Waals surface area (Å²) in [7, 11) is 1.52. The number of carbonyl (C=O) groups is 1. The Morgan fingerprint density at radius 1 is 1.19 bits per heavy atom. The van der Waals surface area contributed by atoms with Crippen molar-refractivity contribution in [3.63, 3.8) is 0 Å². The van der Waals surface area contributed by atoms with Crippen LogP contribution in [0.5, 0.6) is 5.75 Å². The van der Waals surface area contributed by atoms with Crippen molar-refractivity contribution in [2.24, 2.45) is 0 Å². The summed E-state index contributed by atoms with van der Waals surface area (Å²) in [6, 6.07) is 5.38. The Bertz CT molecular complexity index is 997. The van der Waals surface area contributed by atoms with Gasteiger partial charge in [-0.3, -0.25) is 9.48 Å². The maximum atomic E-state index is 13.2. The van der Waals surface area contributed by atoms with Crippen LogP contribution in [0.2, 0.25) is 10.0 Å². The SMILES string of the molecule is COc1cc(N2CCN(C(=O)Cn3nc(C(F)(F)F)c(Cl)c3C(C)(C)O)CC2)ccc1Cl. The molecule has 7 nitrogen and oxygen atoms in total. The molecule has 0 unspecified atom stereocenters. The highest BCUT2D eigenvalue weighted by atomic mass is 35.5. The summed E-state index contributed by atoms with van der Waals surface area (Å²) in [5, 5.41) is 13.6. The molecule has 0 saturated carbocycles. The van der Waals surface area contributed by atoms with Gasteiger partial charge < -0.3 is 19.6 Å². The molecule has 1 fully saturated rings. The van der Waals surface area contributed by atoms with Crippen molar-refractivity contribution >= 4 is 34.8 Å². The molecule has 1 saturated heterocycles. The normalized spacial score (nSPS) is 15.3. The van der Waals surface area contributed by atoms with Gasteiger partial charge in [-0.25, -0.2) is 0 Å². The van der Waals surface area contributed by atoms with Gasteiger partial charge in [-0.1, -0.05) is 23.2 Å². The highest BCUT2D eigenvalue weighted by molar-refractivity contribution is 6.32. The lowest BCUT2D eigenvalue weighted by atomic mass is 10.0. The van der Waals surface area contributed by atoms with Crippen LogP contribution in [0.4, 0.5) is 18.9 Å². The van der Waals surface area contributed by atoms with Crippen molar-refractivity contribution in [3.05, 3.63) is 39.6 Å². The first-order valence-electron chi connectivity index (χ1n) is 9.75. The monoisotopic (exact) mass is 494 g/mol. The molecule has 1 aromatic heterocycles. The minimum atomic E-state index is -4.81. The number of hydrogen-bond acceptors (Lipinski definition) is 5. The van der Waals surface area contributed by atoms with Gasteiger partial charge in [0.15, 0.2) is 5.69 Å². The lowest BCUT2D eigenvalue weighted by molar-refractivity contribution is -0.142. The van der Waals surface area contributed by atoms with E-state index in [1.807, 2.05) is 6.07 Å². The van der Waals surface area contributed by atoms with Crippen LogP contribution in [-0.2, 0) is 23.1 Å². The van der Waals surface area contributed by atoms with E-state index in [4.69, 9.17) is 27.9 Å². The molecule has 0 atom stereocenters. The third-order valence-corrected chi connectivity index (χ3v) is 5.83. The van der Waals surface area contributed by atoms with Crippen molar-refractivity contribution in [2.75, 3.05) is 38.2 Å². The number of anilines is 1. The molecule has 0 bridgehead atoms. The lowest BCUT2D eigenvalue weighted by Crippen LogP contribution is -2.49. The fraction of sp³-hybridized carbons (Fsp3) is 0.500. The maximum Gasteiger partial charge on any atom is 0.436 e. The first-order chi connectivity index (χ1) is 14.8. The molecule has 3 rings (SSSR count). The van der Waals surface area contributed by atoms with Crippen LogP contribution in [0.25, 0.3) is 0 Å². The number of carbonyl (C=O) groups excluding carboxylic acids is 1. The highest BCUT2D eigenvalue weighted by Gasteiger charge is 2.42. The molecule has 1 aromatic carbocycles. The van der Waals surface area contributed by atoms with Crippen LogP contribution in [0, 0.1) is 0 Å². The summed E-state index contributed by atoms with van der Waals surface area (Å²) < 4.78 is 45.8. The quantitative estimate of drug-likeness (QED) is 0.684. The van der Waals surface area contributed by atoms with Gasteiger partial charge in [0.05, 0.1) is 22.8 Å². The number of nitrogens with zero attached hydrogens (tertiary/aromatic N) is 4. The minimum Gasteiger partial charge on any atom is -0.495 e. The van der Waals surface area contributed by atoms with E-state index in [0.29, 0.717) is 37.0 Å². The fourth-order valence-corrected chi connectivity index (χ4v) is 4.28. The summed E-state index contributed by atoms with van der Waals surface area (Å²) in [6.07, 6.45) is -4.81. The van der Waals surface area contributed by atoms with Crippen LogP contribution < -0.4 is 9.64 Å². The molecule has 1 N–H and O–H groups in total. The molecule has 1 aliphatic heterocycles. The predicted octanol–water partition coefficient (Wildman–Crippen LogP) is 3.79. The van der Waals surface area contributed by atoms with Gasteiger partial charge in [0.25, 0.3) is 0 Å². The van der Waals surface area contributed by atoms with Gasteiger partial charge in [0, 0.05) is 37.9 Å². The molecule has 2 aromatic rings.